The number of amides is 1. The van der Waals surface area contributed by atoms with Crippen molar-refractivity contribution in [1.29, 1.82) is 0 Å². The maximum atomic E-state index is 12.9. The van der Waals surface area contributed by atoms with Crippen LogP contribution in [0, 0.1) is 11.5 Å². The maximum absolute atomic E-state index is 12.9. The van der Waals surface area contributed by atoms with Gasteiger partial charge in [0.2, 0.25) is 0 Å². The van der Waals surface area contributed by atoms with Gasteiger partial charge in [-0.3, -0.25) is 4.79 Å². The van der Waals surface area contributed by atoms with Crippen LogP contribution in [-0.2, 0) is 9.53 Å². The largest absolute Gasteiger partial charge is 0.467 e. The van der Waals surface area contributed by atoms with Gasteiger partial charge in [-0.25, -0.2) is 4.79 Å². The minimum atomic E-state index is -1.78. The molecule has 0 aliphatic heterocycles. The molecule has 2 aromatic rings. The van der Waals surface area contributed by atoms with Gasteiger partial charge < -0.3 is 10.1 Å². The molecule has 0 saturated carbocycles. The molecule has 0 radical (unpaired) electrons. The van der Waals surface area contributed by atoms with E-state index in [4.69, 9.17) is 4.74 Å². The van der Waals surface area contributed by atoms with E-state index in [9.17, 15) is 9.59 Å². The van der Waals surface area contributed by atoms with Gasteiger partial charge in [0.25, 0.3) is 5.91 Å². The summed E-state index contributed by atoms with van der Waals surface area (Å²) in [6, 6.07) is 12.4. The van der Waals surface area contributed by atoms with Crippen LogP contribution in [0.2, 0.25) is 18.1 Å². The Kier molecular flexibility index (Phi) is 6.68. The number of hydrogen-bond donors (Lipinski definition) is 1. The van der Waals surface area contributed by atoms with Crippen LogP contribution in [-0.4, -0.2) is 33.1 Å². The summed E-state index contributed by atoms with van der Waals surface area (Å²) < 4.78 is 4.88. The molecule has 2 rings (SSSR count). The van der Waals surface area contributed by atoms with E-state index in [1.54, 1.807) is 6.07 Å². The average Bonchev–Trinajstić information content (AvgIpc) is 2.65. The standard InChI is InChI=1S/C23H29NO3Si/c1-23(2,3)28(5,6)16-10-15-20(22(26)27-4)24-21(25)19-14-9-12-17-11-7-8-13-18(17)19/h7-9,11-14,20H,15H2,1-6H3,(H,24,25)/t20-/m0/s1. The summed E-state index contributed by atoms with van der Waals surface area (Å²) in [5.41, 5.74) is 3.91. The molecule has 0 aromatic heterocycles. The van der Waals surface area contributed by atoms with Crippen LogP contribution in [0.3, 0.4) is 0 Å². The first-order chi connectivity index (χ1) is 13.1. The van der Waals surface area contributed by atoms with Crippen LogP contribution < -0.4 is 5.32 Å². The molecule has 0 aliphatic carbocycles. The summed E-state index contributed by atoms with van der Waals surface area (Å²) in [6.45, 7) is 11.0. The summed E-state index contributed by atoms with van der Waals surface area (Å²) in [5.74, 6) is 2.35. The van der Waals surface area contributed by atoms with Gasteiger partial charge in [0.05, 0.1) is 7.11 Å². The fourth-order valence-electron chi connectivity index (χ4n) is 2.56. The molecular weight excluding hydrogens is 366 g/mol. The quantitative estimate of drug-likeness (QED) is 0.469. The highest BCUT2D eigenvalue weighted by Gasteiger charge is 2.33. The number of nitrogens with one attached hydrogen (secondary N) is 1. The number of benzene rings is 2. The molecule has 28 heavy (non-hydrogen) atoms. The molecule has 0 spiro atoms. The molecule has 1 amide bonds. The third kappa shape index (κ3) is 5.02. The van der Waals surface area contributed by atoms with E-state index in [2.05, 4.69) is 50.6 Å². The van der Waals surface area contributed by atoms with Crippen molar-refractivity contribution in [2.45, 2.75) is 51.4 Å². The van der Waals surface area contributed by atoms with Crippen molar-refractivity contribution in [2.24, 2.45) is 0 Å². The number of esters is 1. The van der Waals surface area contributed by atoms with E-state index < -0.39 is 20.1 Å². The van der Waals surface area contributed by atoms with Crippen molar-refractivity contribution in [3.05, 3.63) is 48.0 Å². The molecule has 0 fully saturated rings. The summed E-state index contributed by atoms with van der Waals surface area (Å²) in [6.07, 6.45) is 0.232. The van der Waals surface area contributed by atoms with Crippen LogP contribution in [0.4, 0.5) is 0 Å². The monoisotopic (exact) mass is 395 g/mol. The molecule has 0 aliphatic rings. The Labute approximate surface area is 168 Å². The van der Waals surface area contributed by atoms with Gasteiger partial charge in [0.1, 0.15) is 14.1 Å². The number of carbonyl (C=O) groups is 2. The van der Waals surface area contributed by atoms with Gasteiger partial charge in [0, 0.05) is 12.0 Å². The lowest BCUT2D eigenvalue weighted by molar-refractivity contribution is -0.142. The Morgan fingerprint density at radius 3 is 2.39 bits per heavy atom. The van der Waals surface area contributed by atoms with Crippen molar-refractivity contribution in [3.63, 3.8) is 0 Å². The third-order valence-corrected chi connectivity index (χ3v) is 9.96. The van der Waals surface area contributed by atoms with Gasteiger partial charge >= 0.3 is 5.97 Å². The Morgan fingerprint density at radius 1 is 1.11 bits per heavy atom. The zero-order chi connectivity index (χ0) is 20.9. The predicted octanol–water partition coefficient (Wildman–Crippen LogP) is 4.55. The van der Waals surface area contributed by atoms with Gasteiger partial charge in [-0.1, -0.05) is 70.3 Å². The van der Waals surface area contributed by atoms with Crippen LogP contribution in [0.1, 0.15) is 37.6 Å². The second-order valence-corrected chi connectivity index (χ2v) is 13.5. The minimum absolute atomic E-state index is 0.132. The second kappa shape index (κ2) is 8.62. The van der Waals surface area contributed by atoms with Crippen LogP contribution in [0.15, 0.2) is 42.5 Å². The fraction of sp³-hybridized carbons (Fsp3) is 0.391. The van der Waals surface area contributed by atoms with Gasteiger partial charge in [0.15, 0.2) is 0 Å². The number of carbonyl (C=O) groups excluding carboxylic acids is 2. The van der Waals surface area contributed by atoms with Crippen molar-refractivity contribution < 1.29 is 14.3 Å². The molecule has 5 heteroatoms. The van der Waals surface area contributed by atoms with E-state index >= 15 is 0 Å². The van der Waals surface area contributed by atoms with Gasteiger partial charge in [-0.15, -0.1) is 11.5 Å². The average molecular weight is 396 g/mol. The Balaban J connectivity index is 2.23. The Morgan fingerprint density at radius 2 is 1.75 bits per heavy atom. The summed E-state index contributed by atoms with van der Waals surface area (Å²) in [7, 11) is -0.463. The lowest BCUT2D eigenvalue weighted by Crippen LogP contribution is -2.41. The highest BCUT2D eigenvalue weighted by molar-refractivity contribution is 6.87. The topological polar surface area (TPSA) is 55.4 Å². The normalized spacial score (nSPS) is 12.6. The number of fused-ring (bicyclic) bond motifs is 1. The highest BCUT2D eigenvalue weighted by Crippen LogP contribution is 2.35. The lowest BCUT2D eigenvalue weighted by atomic mass is 10.0. The zero-order valence-corrected chi connectivity index (χ0v) is 18.6. The molecule has 0 heterocycles. The zero-order valence-electron chi connectivity index (χ0n) is 17.6. The Bertz CT molecular complexity index is 927. The number of rotatable bonds is 4. The molecule has 0 saturated heterocycles. The number of hydrogen-bond acceptors (Lipinski definition) is 3. The molecule has 2 aromatic carbocycles. The maximum Gasteiger partial charge on any atom is 0.329 e. The molecule has 0 bridgehead atoms. The SMILES string of the molecule is COC(=O)[C@H](CC#C[Si](C)(C)C(C)(C)C)NC(=O)c1cccc2ccccc12. The first kappa shape index (κ1) is 21.7. The lowest BCUT2D eigenvalue weighted by Gasteiger charge is -2.31. The molecule has 1 atom stereocenters. The summed E-state index contributed by atoms with van der Waals surface area (Å²) in [4.78, 5) is 25.1. The fourth-order valence-corrected chi connectivity index (χ4v) is 3.48. The number of ether oxygens (including phenoxy) is 1. The van der Waals surface area contributed by atoms with Crippen molar-refractivity contribution in [2.75, 3.05) is 7.11 Å². The number of methoxy groups -OCH3 is 1. The van der Waals surface area contributed by atoms with E-state index in [0.29, 0.717) is 5.56 Å². The molecule has 148 valence electrons. The van der Waals surface area contributed by atoms with E-state index in [1.807, 2.05) is 36.4 Å². The second-order valence-electron chi connectivity index (χ2n) is 8.46. The minimum Gasteiger partial charge on any atom is -0.467 e. The molecular formula is C23H29NO3Si. The summed E-state index contributed by atoms with van der Waals surface area (Å²) in [5, 5.41) is 4.75. The molecule has 4 nitrogen and oxygen atoms in total. The van der Waals surface area contributed by atoms with E-state index in [-0.39, 0.29) is 17.4 Å². The van der Waals surface area contributed by atoms with E-state index in [1.165, 1.54) is 7.11 Å². The highest BCUT2D eigenvalue weighted by atomic mass is 28.3. The Hall–Kier alpha value is -2.58. The molecule has 0 unspecified atom stereocenters. The van der Waals surface area contributed by atoms with Gasteiger partial charge in [-0.05, 0) is 21.9 Å². The first-order valence-electron chi connectivity index (χ1n) is 9.43. The summed E-state index contributed by atoms with van der Waals surface area (Å²) >= 11 is 0. The van der Waals surface area contributed by atoms with E-state index in [0.717, 1.165) is 10.8 Å². The van der Waals surface area contributed by atoms with Crippen LogP contribution >= 0.6 is 0 Å². The van der Waals surface area contributed by atoms with Gasteiger partial charge in [-0.2, -0.15) is 0 Å². The van der Waals surface area contributed by atoms with Crippen LogP contribution in [0.5, 0.6) is 0 Å². The smallest absolute Gasteiger partial charge is 0.329 e. The van der Waals surface area contributed by atoms with Crippen LogP contribution in [0.25, 0.3) is 10.8 Å². The van der Waals surface area contributed by atoms with Crippen molar-refractivity contribution in [3.8, 4) is 11.5 Å². The third-order valence-electron chi connectivity index (χ3n) is 5.41. The first-order valence-corrected chi connectivity index (χ1v) is 12.4. The van der Waals surface area contributed by atoms with Crippen molar-refractivity contribution >= 4 is 30.7 Å². The van der Waals surface area contributed by atoms with Crippen molar-refractivity contribution in [1.82, 2.24) is 5.32 Å². The molecule has 1 N–H and O–H groups in total. The predicted molar refractivity (Wildman–Crippen MR) is 117 cm³/mol.